The number of nitrogens with zero attached hydrogens (tertiary/aromatic N) is 2. The van der Waals surface area contributed by atoms with Crippen molar-refractivity contribution in [1.82, 2.24) is 0 Å². The summed E-state index contributed by atoms with van der Waals surface area (Å²) in [6.45, 7) is 4.68. The Morgan fingerprint density at radius 2 is 1.92 bits per heavy atom. The molecule has 1 heterocycles. The van der Waals surface area contributed by atoms with Crippen molar-refractivity contribution in [2.75, 3.05) is 4.90 Å². The van der Waals surface area contributed by atoms with Gasteiger partial charge in [-0.15, -0.1) is 11.3 Å². The molecule has 0 radical (unpaired) electrons. The maximum atomic E-state index is 12.2. The highest BCUT2D eigenvalue weighted by Gasteiger charge is 2.33. The average Bonchev–Trinajstić information content (AvgIpc) is 2.91. The molecule has 1 aromatic heterocycles. The first-order valence-corrected chi connectivity index (χ1v) is 8.49. The van der Waals surface area contributed by atoms with Gasteiger partial charge in [0.05, 0.1) is 9.26 Å². The number of nitro groups is 1. The molecule has 0 atom stereocenters. The highest BCUT2D eigenvalue weighted by Crippen LogP contribution is 2.37. The maximum Gasteiger partial charge on any atom is 0.424 e. The second-order valence-corrected chi connectivity index (χ2v) is 7.88. The molecule has 8 nitrogen and oxygen atoms in total. The largest absolute Gasteiger partial charge is 0.464 e. The maximum absolute atomic E-state index is 12.2. The Hall–Kier alpha value is -2.65. The Morgan fingerprint density at radius 3 is 2.38 bits per heavy atom. The number of hydrogen-bond donors (Lipinski definition) is 1. The molecular weight excluding hydrogens is 384 g/mol. The van der Waals surface area contributed by atoms with Crippen LogP contribution in [0.3, 0.4) is 0 Å². The van der Waals surface area contributed by atoms with E-state index in [1.165, 1.54) is 29.5 Å². The molecule has 1 N–H and O–H groups in total. The van der Waals surface area contributed by atoms with Gasteiger partial charge in [-0.1, -0.05) is 17.7 Å². The topological polar surface area (TPSA) is 110 Å². The summed E-state index contributed by atoms with van der Waals surface area (Å²) in [5, 5.41) is 20.8. The Kier molecular flexibility index (Phi) is 5.53. The number of imide groups is 1. The van der Waals surface area contributed by atoms with Gasteiger partial charge in [0.1, 0.15) is 11.3 Å². The van der Waals surface area contributed by atoms with E-state index in [1.54, 1.807) is 32.9 Å². The van der Waals surface area contributed by atoms with E-state index in [-0.39, 0.29) is 4.90 Å². The second kappa shape index (κ2) is 7.30. The second-order valence-electron chi connectivity index (χ2n) is 6.16. The van der Waals surface area contributed by atoms with E-state index < -0.39 is 34.1 Å². The molecule has 1 aromatic carbocycles. The molecule has 0 aliphatic rings. The van der Waals surface area contributed by atoms with Crippen molar-refractivity contribution in [3.63, 3.8) is 0 Å². The summed E-state index contributed by atoms with van der Waals surface area (Å²) in [4.78, 5) is 35.4. The number of rotatable bonds is 3. The van der Waals surface area contributed by atoms with Crippen molar-refractivity contribution in [3.8, 4) is 10.4 Å². The number of thiophene rings is 1. The molecule has 0 bridgehead atoms. The molecule has 0 fully saturated rings. The van der Waals surface area contributed by atoms with Crippen LogP contribution < -0.4 is 4.90 Å². The first kappa shape index (κ1) is 19.7. The number of anilines is 1. The third-order valence-electron chi connectivity index (χ3n) is 3.04. The van der Waals surface area contributed by atoms with Crippen LogP contribution >= 0.6 is 22.9 Å². The van der Waals surface area contributed by atoms with E-state index in [0.717, 1.165) is 0 Å². The number of carbonyl (C=O) groups excluding carboxylic acids is 1. The summed E-state index contributed by atoms with van der Waals surface area (Å²) in [5.41, 5.74) is -1.43. The Bertz CT molecular complexity index is 874. The van der Waals surface area contributed by atoms with Crippen LogP contribution in [0.15, 0.2) is 30.3 Å². The van der Waals surface area contributed by atoms with Crippen molar-refractivity contribution in [1.29, 1.82) is 0 Å². The predicted octanol–water partition coefficient (Wildman–Crippen LogP) is 5.40. The molecule has 2 amide bonds. The fourth-order valence-electron chi connectivity index (χ4n) is 2.07. The molecule has 2 aromatic rings. The van der Waals surface area contributed by atoms with Gasteiger partial charge in [-0.05, 0) is 44.5 Å². The zero-order valence-corrected chi connectivity index (χ0v) is 15.6. The molecule has 2 rings (SSSR count). The SMILES string of the molecule is CC(C)(C)OC(=O)N(C(=O)O)c1ccc(-c2ccc(Cl)s2)cc1[N+](=O)[O-]. The van der Waals surface area contributed by atoms with Crippen LogP contribution in [0.5, 0.6) is 0 Å². The lowest BCUT2D eigenvalue weighted by Gasteiger charge is -2.24. The Balaban J connectivity index is 2.53. The van der Waals surface area contributed by atoms with E-state index in [1.807, 2.05) is 0 Å². The minimum absolute atomic E-state index is 0.217. The van der Waals surface area contributed by atoms with Gasteiger partial charge in [0.25, 0.3) is 5.69 Å². The molecule has 10 heteroatoms. The van der Waals surface area contributed by atoms with Crippen LogP contribution in [0.4, 0.5) is 21.0 Å². The van der Waals surface area contributed by atoms with Gasteiger partial charge in [-0.25, -0.2) is 9.59 Å². The lowest BCUT2D eigenvalue weighted by atomic mass is 10.1. The van der Waals surface area contributed by atoms with Gasteiger partial charge in [-0.3, -0.25) is 10.1 Å². The first-order valence-electron chi connectivity index (χ1n) is 7.30. The lowest BCUT2D eigenvalue weighted by Crippen LogP contribution is -2.40. The highest BCUT2D eigenvalue weighted by molar-refractivity contribution is 7.19. The molecule has 0 saturated heterocycles. The minimum atomic E-state index is -1.69. The monoisotopic (exact) mass is 398 g/mol. The van der Waals surface area contributed by atoms with Gasteiger partial charge in [0.2, 0.25) is 0 Å². The molecular formula is C16H15ClN2O6S. The first-order chi connectivity index (χ1) is 12.0. The Morgan fingerprint density at radius 1 is 1.27 bits per heavy atom. The molecule has 0 aliphatic carbocycles. The average molecular weight is 399 g/mol. The fraction of sp³-hybridized carbons (Fsp3) is 0.250. The van der Waals surface area contributed by atoms with E-state index >= 15 is 0 Å². The van der Waals surface area contributed by atoms with Crippen LogP contribution in [-0.4, -0.2) is 27.8 Å². The molecule has 138 valence electrons. The zero-order valence-electron chi connectivity index (χ0n) is 14.1. The van der Waals surface area contributed by atoms with Crippen molar-refractivity contribution < 1.29 is 24.4 Å². The van der Waals surface area contributed by atoms with Crippen LogP contribution in [0, 0.1) is 10.1 Å². The van der Waals surface area contributed by atoms with Gasteiger partial charge in [-0.2, -0.15) is 4.90 Å². The van der Waals surface area contributed by atoms with Crippen molar-refractivity contribution in [2.45, 2.75) is 26.4 Å². The third kappa shape index (κ3) is 4.50. The summed E-state index contributed by atoms with van der Waals surface area (Å²) >= 11 is 7.09. The van der Waals surface area contributed by atoms with E-state index in [4.69, 9.17) is 16.3 Å². The summed E-state index contributed by atoms with van der Waals surface area (Å²) in [6, 6.07) is 7.20. The van der Waals surface area contributed by atoms with Crippen molar-refractivity contribution >= 4 is 46.5 Å². The molecule has 0 spiro atoms. The van der Waals surface area contributed by atoms with Crippen molar-refractivity contribution in [3.05, 3.63) is 44.8 Å². The summed E-state index contributed by atoms with van der Waals surface area (Å²) in [6.07, 6.45) is -2.91. The van der Waals surface area contributed by atoms with E-state index in [2.05, 4.69) is 0 Å². The smallest absolute Gasteiger partial charge is 0.424 e. The van der Waals surface area contributed by atoms with Crippen LogP contribution in [-0.2, 0) is 4.74 Å². The number of carbonyl (C=O) groups is 2. The number of halogens is 1. The van der Waals surface area contributed by atoms with Crippen molar-refractivity contribution in [2.24, 2.45) is 0 Å². The lowest BCUT2D eigenvalue weighted by molar-refractivity contribution is -0.384. The molecule has 0 aliphatic heterocycles. The van der Waals surface area contributed by atoms with E-state index in [9.17, 15) is 24.8 Å². The standard InChI is InChI=1S/C16H15ClN2O6S/c1-16(2,3)25-15(22)18(14(20)21)10-5-4-9(8-11(10)19(23)24)12-6-7-13(17)26-12/h4-8H,1-3H3,(H,20,21). The third-order valence-corrected chi connectivity index (χ3v) is 4.32. The van der Waals surface area contributed by atoms with Gasteiger partial charge < -0.3 is 9.84 Å². The predicted molar refractivity (Wildman–Crippen MR) is 98.2 cm³/mol. The fourth-order valence-corrected chi connectivity index (χ4v) is 3.11. The number of ether oxygens (including phenoxy) is 1. The normalized spacial score (nSPS) is 11.1. The molecule has 0 saturated carbocycles. The summed E-state index contributed by atoms with van der Waals surface area (Å²) in [5.74, 6) is 0. The number of amides is 2. The quantitative estimate of drug-likeness (QED) is 0.547. The van der Waals surface area contributed by atoms with Gasteiger partial charge >= 0.3 is 12.2 Å². The van der Waals surface area contributed by atoms with Gasteiger partial charge in [0, 0.05) is 10.9 Å². The number of benzene rings is 1. The Labute approximate surface area is 157 Å². The van der Waals surface area contributed by atoms with Crippen LogP contribution in [0.2, 0.25) is 4.34 Å². The highest BCUT2D eigenvalue weighted by atomic mass is 35.5. The number of hydrogen-bond acceptors (Lipinski definition) is 6. The number of nitro benzene ring substituents is 1. The van der Waals surface area contributed by atoms with Gasteiger partial charge in [0.15, 0.2) is 0 Å². The zero-order chi connectivity index (χ0) is 19.6. The number of carboxylic acid groups (broad SMARTS) is 1. The molecule has 26 heavy (non-hydrogen) atoms. The minimum Gasteiger partial charge on any atom is -0.464 e. The van der Waals surface area contributed by atoms with Crippen LogP contribution in [0.1, 0.15) is 20.8 Å². The van der Waals surface area contributed by atoms with Crippen LogP contribution in [0.25, 0.3) is 10.4 Å². The van der Waals surface area contributed by atoms with E-state index in [0.29, 0.717) is 14.8 Å². The summed E-state index contributed by atoms with van der Waals surface area (Å²) < 4.78 is 5.54. The molecule has 0 unspecified atom stereocenters. The summed E-state index contributed by atoms with van der Waals surface area (Å²) in [7, 11) is 0.